The zero-order valence-corrected chi connectivity index (χ0v) is 10.2. The molecule has 0 radical (unpaired) electrons. The van der Waals surface area contributed by atoms with Crippen LogP contribution < -0.4 is 4.18 Å². The molecule has 1 aromatic heterocycles. The van der Waals surface area contributed by atoms with Gasteiger partial charge in [0.25, 0.3) is 0 Å². The molecule has 1 aliphatic carbocycles. The van der Waals surface area contributed by atoms with Gasteiger partial charge < -0.3 is 4.18 Å². The highest BCUT2D eigenvalue weighted by Gasteiger charge is 2.49. The summed E-state index contributed by atoms with van der Waals surface area (Å²) in [6, 6.07) is 0. The molecule has 0 N–H and O–H groups in total. The van der Waals surface area contributed by atoms with Crippen LogP contribution >= 0.6 is 11.5 Å². The normalized spacial score (nSPS) is 17.2. The lowest BCUT2D eigenvalue weighted by molar-refractivity contribution is -0.0501. The minimum absolute atomic E-state index is 0.0761. The average Bonchev–Trinajstić information content (AvgIpc) is 2.91. The van der Waals surface area contributed by atoms with Gasteiger partial charge in [0.15, 0.2) is 0 Å². The lowest BCUT2D eigenvalue weighted by Crippen LogP contribution is -2.28. The predicted octanol–water partition coefficient (Wildman–Crippen LogP) is 2.56. The molecular formula is C8H8F3NO3S2. The minimum atomic E-state index is -5.62. The second kappa shape index (κ2) is 3.84. The van der Waals surface area contributed by atoms with Crippen LogP contribution in [0, 0.1) is 6.92 Å². The standard InChI is InChI=1S/C8H8F3NO3S2/c1-4-6(5-2-3-5)7(12-16-4)15-17(13,14)8(9,10)11/h5H,2-3H2,1H3. The minimum Gasteiger partial charge on any atom is -0.354 e. The molecule has 0 aromatic carbocycles. The zero-order valence-electron chi connectivity index (χ0n) is 8.61. The fourth-order valence-electron chi connectivity index (χ4n) is 1.40. The SMILES string of the molecule is Cc1snc(OS(=O)(=O)C(F)(F)F)c1C1CC1. The molecule has 1 fully saturated rings. The van der Waals surface area contributed by atoms with Crippen LogP contribution in [-0.2, 0) is 10.1 Å². The summed E-state index contributed by atoms with van der Waals surface area (Å²) in [5.41, 5.74) is -4.94. The maximum atomic E-state index is 12.1. The summed E-state index contributed by atoms with van der Waals surface area (Å²) in [5.74, 6) is -0.348. The Morgan fingerprint density at radius 2 is 2.00 bits per heavy atom. The van der Waals surface area contributed by atoms with E-state index in [0.29, 0.717) is 10.4 Å². The molecule has 1 heterocycles. The van der Waals surface area contributed by atoms with Crippen LogP contribution in [0.1, 0.15) is 29.2 Å². The van der Waals surface area contributed by atoms with Crippen LogP contribution in [0.3, 0.4) is 0 Å². The van der Waals surface area contributed by atoms with Gasteiger partial charge >= 0.3 is 15.6 Å². The van der Waals surface area contributed by atoms with Crippen molar-refractivity contribution in [1.29, 1.82) is 0 Å². The van der Waals surface area contributed by atoms with E-state index in [1.165, 1.54) is 0 Å². The second-order valence-corrected chi connectivity index (χ2v) is 6.23. The summed E-state index contributed by atoms with van der Waals surface area (Å²) in [6.07, 6.45) is 1.64. The smallest absolute Gasteiger partial charge is 0.354 e. The average molecular weight is 287 g/mol. The van der Waals surface area contributed by atoms with E-state index in [4.69, 9.17) is 0 Å². The Bertz CT molecular complexity index is 531. The number of rotatable bonds is 3. The number of hydrogen-bond acceptors (Lipinski definition) is 5. The Hall–Kier alpha value is -0.830. The van der Waals surface area contributed by atoms with E-state index in [9.17, 15) is 21.6 Å². The summed E-state index contributed by atoms with van der Waals surface area (Å²) in [4.78, 5) is 0.694. The van der Waals surface area contributed by atoms with Gasteiger partial charge in [-0.25, -0.2) is 0 Å². The lowest BCUT2D eigenvalue weighted by atomic mass is 10.2. The van der Waals surface area contributed by atoms with Crippen molar-refractivity contribution in [1.82, 2.24) is 4.37 Å². The summed E-state index contributed by atoms with van der Waals surface area (Å²) in [7, 11) is -5.62. The van der Waals surface area contributed by atoms with Gasteiger partial charge in [0, 0.05) is 10.4 Å². The zero-order chi connectivity index (χ0) is 12.8. The molecule has 1 saturated carbocycles. The van der Waals surface area contributed by atoms with Crippen LogP contribution in [0.15, 0.2) is 0 Å². The van der Waals surface area contributed by atoms with E-state index in [1.807, 2.05) is 0 Å². The van der Waals surface area contributed by atoms with Gasteiger partial charge in [0.2, 0.25) is 5.88 Å². The van der Waals surface area contributed by atoms with Crippen molar-refractivity contribution in [3.63, 3.8) is 0 Å². The van der Waals surface area contributed by atoms with Gasteiger partial charge in [-0.2, -0.15) is 26.0 Å². The highest BCUT2D eigenvalue weighted by molar-refractivity contribution is 7.88. The maximum Gasteiger partial charge on any atom is 0.534 e. The molecule has 1 aromatic rings. The van der Waals surface area contributed by atoms with Gasteiger partial charge in [-0.3, -0.25) is 0 Å². The third-order valence-electron chi connectivity index (χ3n) is 2.33. The number of nitrogens with zero attached hydrogens (tertiary/aromatic N) is 1. The van der Waals surface area contributed by atoms with Crippen molar-refractivity contribution in [2.24, 2.45) is 0 Å². The number of aryl methyl sites for hydroxylation is 1. The first-order valence-electron chi connectivity index (χ1n) is 4.69. The fourth-order valence-corrected chi connectivity index (χ4v) is 2.59. The van der Waals surface area contributed by atoms with Gasteiger partial charge in [-0.1, -0.05) is 0 Å². The van der Waals surface area contributed by atoms with Crippen LogP contribution in [0.5, 0.6) is 5.88 Å². The van der Waals surface area contributed by atoms with E-state index in [1.54, 1.807) is 6.92 Å². The molecular weight excluding hydrogens is 279 g/mol. The summed E-state index contributed by atoms with van der Waals surface area (Å²) in [6.45, 7) is 1.68. The molecule has 4 nitrogen and oxygen atoms in total. The van der Waals surface area contributed by atoms with Crippen molar-refractivity contribution in [2.45, 2.75) is 31.2 Å². The Balaban J connectivity index is 2.31. The van der Waals surface area contributed by atoms with Gasteiger partial charge in [0.1, 0.15) is 0 Å². The van der Waals surface area contributed by atoms with E-state index in [2.05, 4.69) is 8.56 Å². The topological polar surface area (TPSA) is 56.3 Å². The highest BCUT2D eigenvalue weighted by atomic mass is 32.2. The quantitative estimate of drug-likeness (QED) is 0.633. The van der Waals surface area contributed by atoms with E-state index in [0.717, 1.165) is 24.4 Å². The van der Waals surface area contributed by atoms with Crippen molar-refractivity contribution in [3.8, 4) is 5.88 Å². The van der Waals surface area contributed by atoms with Crippen LogP contribution in [0.4, 0.5) is 13.2 Å². The van der Waals surface area contributed by atoms with Crippen molar-refractivity contribution in [2.75, 3.05) is 0 Å². The maximum absolute atomic E-state index is 12.1. The number of hydrogen-bond donors (Lipinski definition) is 0. The van der Waals surface area contributed by atoms with Gasteiger partial charge in [-0.15, -0.1) is 0 Å². The third-order valence-corrected chi connectivity index (χ3v) is 4.03. The molecule has 0 atom stereocenters. The van der Waals surface area contributed by atoms with Gasteiger partial charge in [-0.05, 0) is 37.2 Å². The summed E-state index contributed by atoms with van der Waals surface area (Å²) < 4.78 is 65.8. The van der Waals surface area contributed by atoms with E-state index in [-0.39, 0.29) is 5.92 Å². The Morgan fingerprint density at radius 1 is 1.41 bits per heavy atom. The molecule has 0 unspecified atom stereocenters. The van der Waals surface area contributed by atoms with E-state index < -0.39 is 21.5 Å². The largest absolute Gasteiger partial charge is 0.534 e. The first kappa shape index (κ1) is 12.6. The van der Waals surface area contributed by atoms with Crippen LogP contribution in [0.25, 0.3) is 0 Å². The third kappa shape index (κ3) is 2.39. The molecule has 2 rings (SSSR count). The van der Waals surface area contributed by atoms with Crippen LogP contribution in [-0.4, -0.2) is 18.3 Å². The molecule has 9 heteroatoms. The Morgan fingerprint density at radius 3 is 2.47 bits per heavy atom. The molecule has 0 amide bonds. The molecule has 0 spiro atoms. The van der Waals surface area contributed by atoms with E-state index >= 15 is 0 Å². The summed E-state index contributed by atoms with van der Waals surface area (Å²) >= 11 is 0.944. The first-order chi connectivity index (χ1) is 7.72. The molecule has 1 aliphatic rings. The number of aromatic nitrogens is 1. The van der Waals surface area contributed by atoms with Gasteiger partial charge in [0.05, 0.1) is 0 Å². The van der Waals surface area contributed by atoms with Crippen LogP contribution in [0.2, 0.25) is 0 Å². The van der Waals surface area contributed by atoms with Crippen molar-refractivity contribution in [3.05, 3.63) is 10.4 Å². The monoisotopic (exact) mass is 287 g/mol. The molecule has 17 heavy (non-hydrogen) atoms. The summed E-state index contributed by atoms with van der Waals surface area (Å²) in [5, 5.41) is 0. The molecule has 0 saturated heterocycles. The first-order valence-corrected chi connectivity index (χ1v) is 6.87. The highest BCUT2D eigenvalue weighted by Crippen LogP contribution is 2.47. The molecule has 0 aliphatic heterocycles. The van der Waals surface area contributed by atoms with Crippen molar-refractivity contribution < 1.29 is 25.8 Å². The number of alkyl halides is 3. The Labute approximate surface area is 99.7 Å². The van der Waals surface area contributed by atoms with Crippen molar-refractivity contribution >= 4 is 21.7 Å². The molecule has 96 valence electrons. The Kier molecular flexibility index (Phi) is 2.85. The fraction of sp³-hybridized carbons (Fsp3) is 0.625. The predicted molar refractivity (Wildman–Crippen MR) is 54.4 cm³/mol. The second-order valence-electron chi connectivity index (χ2n) is 3.72. The molecule has 0 bridgehead atoms. The number of halogens is 3. The lowest BCUT2D eigenvalue weighted by Gasteiger charge is -2.08.